The maximum Gasteiger partial charge on any atom is 0.0851 e. The molecule has 0 unspecified atom stereocenters. The van der Waals surface area contributed by atoms with Gasteiger partial charge < -0.3 is 16.2 Å². The molecule has 2 rings (SSSR count). The molecule has 1 aliphatic carbocycles. The average Bonchev–Trinajstić information content (AvgIpc) is 2.13. The molecular weight excluding hydrogens is 200 g/mol. The zero-order valence-electron chi connectivity index (χ0n) is 10.8. The second kappa shape index (κ2) is 3.69. The van der Waals surface area contributed by atoms with Crippen molar-refractivity contribution in [3.8, 4) is 0 Å². The van der Waals surface area contributed by atoms with Gasteiger partial charge >= 0.3 is 0 Å². The summed E-state index contributed by atoms with van der Waals surface area (Å²) in [5, 5.41) is 13.8. The molecule has 0 amide bonds. The molecule has 94 valence electrons. The summed E-state index contributed by atoms with van der Waals surface area (Å²) in [7, 11) is 0. The number of hydrogen-bond donors (Lipinski definition) is 3. The monoisotopic (exact) mass is 226 g/mol. The largest absolute Gasteiger partial charge is 0.388 e. The zero-order valence-corrected chi connectivity index (χ0v) is 10.8. The Labute approximate surface area is 98.8 Å². The Kier molecular flexibility index (Phi) is 2.84. The van der Waals surface area contributed by atoms with Gasteiger partial charge in [0.15, 0.2) is 0 Å². The van der Waals surface area contributed by atoms with Crippen LogP contribution in [0.15, 0.2) is 0 Å². The second-order valence-electron chi connectivity index (χ2n) is 6.93. The van der Waals surface area contributed by atoms with Crippen LogP contribution >= 0.6 is 0 Å². The molecule has 4 N–H and O–H groups in total. The molecule has 1 saturated carbocycles. The highest BCUT2D eigenvalue weighted by Crippen LogP contribution is 2.45. The molecule has 0 aromatic carbocycles. The molecule has 16 heavy (non-hydrogen) atoms. The Morgan fingerprint density at radius 2 is 1.69 bits per heavy atom. The van der Waals surface area contributed by atoms with Crippen LogP contribution in [-0.4, -0.2) is 29.3 Å². The third kappa shape index (κ3) is 1.89. The average molecular weight is 226 g/mol. The van der Waals surface area contributed by atoms with Gasteiger partial charge in [-0.05, 0) is 37.0 Å². The molecular formula is C13H26N2O. The van der Waals surface area contributed by atoms with E-state index < -0.39 is 5.60 Å². The van der Waals surface area contributed by atoms with E-state index in [2.05, 4.69) is 26.1 Å². The number of hydrogen-bond acceptors (Lipinski definition) is 3. The van der Waals surface area contributed by atoms with E-state index in [-0.39, 0.29) is 5.54 Å². The van der Waals surface area contributed by atoms with E-state index in [1.807, 2.05) is 0 Å². The maximum atomic E-state index is 10.7. The van der Waals surface area contributed by atoms with Crippen LogP contribution in [0.5, 0.6) is 0 Å². The first-order valence-electron chi connectivity index (χ1n) is 6.49. The molecule has 3 heteroatoms. The first-order valence-corrected chi connectivity index (χ1v) is 6.49. The first-order chi connectivity index (χ1) is 7.27. The van der Waals surface area contributed by atoms with Gasteiger partial charge in [0.25, 0.3) is 0 Å². The molecule has 0 bridgehead atoms. The van der Waals surface area contributed by atoms with Crippen molar-refractivity contribution < 1.29 is 5.11 Å². The fraction of sp³-hybridized carbons (Fsp3) is 1.00. The van der Waals surface area contributed by atoms with Crippen LogP contribution in [-0.2, 0) is 0 Å². The van der Waals surface area contributed by atoms with E-state index in [1.54, 1.807) is 0 Å². The Balaban J connectivity index is 1.99. The van der Waals surface area contributed by atoms with Crippen molar-refractivity contribution >= 4 is 0 Å². The normalized spacial score (nSPS) is 39.2. The summed E-state index contributed by atoms with van der Waals surface area (Å²) in [5.41, 5.74) is 5.63. The molecule has 1 saturated heterocycles. The first kappa shape index (κ1) is 12.3. The van der Waals surface area contributed by atoms with E-state index in [9.17, 15) is 5.11 Å². The van der Waals surface area contributed by atoms with Crippen molar-refractivity contribution in [2.24, 2.45) is 17.1 Å². The summed E-state index contributed by atoms with van der Waals surface area (Å²) >= 11 is 0. The fourth-order valence-corrected chi connectivity index (χ4v) is 3.18. The number of aliphatic hydroxyl groups is 1. The van der Waals surface area contributed by atoms with E-state index in [4.69, 9.17) is 5.73 Å². The van der Waals surface area contributed by atoms with Crippen molar-refractivity contribution in [3.05, 3.63) is 0 Å². The highest BCUT2D eigenvalue weighted by atomic mass is 16.3. The Morgan fingerprint density at radius 3 is 2.00 bits per heavy atom. The highest BCUT2D eigenvalue weighted by Gasteiger charge is 2.53. The van der Waals surface area contributed by atoms with Gasteiger partial charge in [0.05, 0.1) is 11.1 Å². The Morgan fingerprint density at radius 1 is 1.19 bits per heavy atom. The van der Waals surface area contributed by atoms with Crippen LogP contribution in [0.2, 0.25) is 0 Å². The minimum atomic E-state index is -0.625. The van der Waals surface area contributed by atoms with Crippen LogP contribution < -0.4 is 11.1 Å². The van der Waals surface area contributed by atoms with Gasteiger partial charge in [-0.2, -0.15) is 0 Å². The number of nitrogens with one attached hydrogen (secondary N) is 1. The Bertz CT molecular complexity index is 258. The molecule has 1 aliphatic heterocycles. The van der Waals surface area contributed by atoms with E-state index in [0.717, 1.165) is 44.7 Å². The van der Waals surface area contributed by atoms with Gasteiger partial charge in [0.1, 0.15) is 0 Å². The lowest BCUT2D eigenvalue weighted by Crippen LogP contribution is -2.77. The molecule has 3 nitrogen and oxygen atoms in total. The van der Waals surface area contributed by atoms with Gasteiger partial charge in [-0.25, -0.2) is 0 Å². The summed E-state index contributed by atoms with van der Waals surface area (Å²) in [4.78, 5) is 0. The summed E-state index contributed by atoms with van der Waals surface area (Å²) in [6.07, 6.45) is 3.96. The minimum Gasteiger partial charge on any atom is -0.388 e. The molecule has 0 radical (unpaired) electrons. The van der Waals surface area contributed by atoms with Crippen molar-refractivity contribution in [1.82, 2.24) is 5.32 Å². The van der Waals surface area contributed by atoms with Gasteiger partial charge in [-0.3, -0.25) is 0 Å². The molecule has 2 aliphatic rings. The third-order valence-corrected chi connectivity index (χ3v) is 4.85. The predicted molar refractivity (Wildman–Crippen MR) is 66.2 cm³/mol. The van der Waals surface area contributed by atoms with E-state index >= 15 is 0 Å². The minimum absolute atomic E-state index is 0.362. The topological polar surface area (TPSA) is 58.3 Å². The molecule has 2 fully saturated rings. The molecule has 0 aromatic heterocycles. The summed E-state index contributed by atoms with van der Waals surface area (Å²) in [6.45, 7) is 8.43. The van der Waals surface area contributed by atoms with Crippen molar-refractivity contribution in [2.45, 2.75) is 57.6 Å². The van der Waals surface area contributed by atoms with Crippen LogP contribution in [0.1, 0.15) is 46.5 Å². The van der Waals surface area contributed by atoms with Crippen LogP contribution in [0.3, 0.4) is 0 Å². The van der Waals surface area contributed by atoms with E-state index in [0.29, 0.717) is 5.41 Å². The smallest absolute Gasteiger partial charge is 0.0851 e. The van der Waals surface area contributed by atoms with Gasteiger partial charge in [0.2, 0.25) is 0 Å². The van der Waals surface area contributed by atoms with Gasteiger partial charge in [-0.15, -0.1) is 0 Å². The van der Waals surface area contributed by atoms with Crippen LogP contribution in [0, 0.1) is 11.3 Å². The summed E-state index contributed by atoms with van der Waals surface area (Å²) < 4.78 is 0. The maximum absolute atomic E-state index is 10.7. The predicted octanol–water partition coefficient (Wildman–Crippen LogP) is 1.25. The third-order valence-electron chi connectivity index (χ3n) is 4.85. The quantitative estimate of drug-likeness (QED) is 0.631. The van der Waals surface area contributed by atoms with E-state index in [1.165, 1.54) is 0 Å². The van der Waals surface area contributed by atoms with Crippen molar-refractivity contribution in [2.75, 3.05) is 13.1 Å². The van der Waals surface area contributed by atoms with Crippen LogP contribution in [0.25, 0.3) is 0 Å². The molecule has 1 heterocycles. The second-order valence-corrected chi connectivity index (χ2v) is 6.93. The highest BCUT2D eigenvalue weighted by molar-refractivity contribution is 5.13. The summed E-state index contributed by atoms with van der Waals surface area (Å²) in [5.74, 6) is 0.726. The lowest BCUT2D eigenvalue weighted by atomic mass is 9.62. The Hall–Kier alpha value is -0.120. The number of rotatable bonds is 1. The zero-order chi connectivity index (χ0) is 12.0. The van der Waals surface area contributed by atoms with Crippen LogP contribution in [0.4, 0.5) is 0 Å². The van der Waals surface area contributed by atoms with Gasteiger partial charge in [0, 0.05) is 13.1 Å². The lowest BCUT2D eigenvalue weighted by molar-refractivity contribution is -0.0992. The number of nitrogens with two attached hydrogens (primary N) is 1. The molecule has 0 spiro atoms. The molecule has 0 aromatic rings. The van der Waals surface area contributed by atoms with Crippen molar-refractivity contribution in [1.29, 1.82) is 0 Å². The SMILES string of the molecule is CC(C)(C)C1CCC(O)(C2(N)CNC2)CC1. The fourth-order valence-electron chi connectivity index (χ4n) is 3.18. The standard InChI is InChI=1S/C13H26N2O/c1-11(2,3)10-4-6-13(16,7-5-10)12(14)8-15-9-12/h10,15-16H,4-9,14H2,1-3H3. The summed E-state index contributed by atoms with van der Waals surface area (Å²) in [6, 6.07) is 0. The van der Waals surface area contributed by atoms with Crippen molar-refractivity contribution in [3.63, 3.8) is 0 Å². The molecule has 0 atom stereocenters. The lowest BCUT2D eigenvalue weighted by Gasteiger charge is -2.54. The van der Waals surface area contributed by atoms with Gasteiger partial charge in [-0.1, -0.05) is 20.8 Å².